The van der Waals surface area contributed by atoms with E-state index in [0.717, 1.165) is 28.4 Å². The van der Waals surface area contributed by atoms with E-state index in [0.29, 0.717) is 5.56 Å². The van der Waals surface area contributed by atoms with Crippen molar-refractivity contribution in [2.24, 2.45) is 0 Å². The van der Waals surface area contributed by atoms with Crippen LogP contribution < -0.4 is 0 Å². The molecule has 0 saturated heterocycles. The fourth-order valence-corrected chi connectivity index (χ4v) is 3.80. The van der Waals surface area contributed by atoms with E-state index in [4.69, 9.17) is 11.6 Å². The van der Waals surface area contributed by atoms with Gasteiger partial charge in [0.2, 0.25) is 5.91 Å². The highest BCUT2D eigenvalue weighted by Gasteiger charge is 2.33. The van der Waals surface area contributed by atoms with Crippen LogP contribution in [-0.4, -0.2) is 39.5 Å². The summed E-state index contributed by atoms with van der Waals surface area (Å²) in [5, 5.41) is 7.08. The van der Waals surface area contributed by atoms with Crippen LogP contribution in [0.1, 0.15) is 16.4 Å². The molecule has 1 aromatic carbocycles. The lowest BCUT2D eigenvalue weighted by Gasteiger charge is -2.20. The minimum absolute atomic E-state index is 0.0938. The lowest BCUT2D eigenvalue weighted by molar-refractivity contribution is -0.138. The zero-order chi connectivity index (χ0) is 19.8. The quantitative estimate of drug-likeness (QED) is 0.596. The third-order valence-electron chi connectivity index (χ3n) is 3.75. The molecule has 0 aliphatic carbocycles. The van der Waals surface area contributed by atoms with Crippen molar-refractivity contribution in [1.29, 1.82) is 0 Å². The Labute approximate surface area is 162 Å². The fraction of sp³-hybridized carbons (Fsp3) is 0.235. The molecule has 0 aliphatic rings. The number of alkyl halides is 3. The van der Waals surface area contributed by atoms with E-state index >= 15 is 0 Å². The topological polar surface area (TPSA) is 50.5 Å². The zero-order valence-electron chi connectivity index (χ0n) is 14.2. The summed E-state index contributed by atoms with van der Waals surface area (Å²) in [7, 11) is 3.22. The summed E-state index contributed by atoms with van der Waals surface area (Å²) in [5.41, 5.74) is -0.121. The van der Waals surface area contributed by atoms with Gasteiger partial charge in [-0.3, -0.25) is 9.20 Å². The molecule has 142 valence electrons. The maximum atomic E-state index is 13.1. The van der Waals surface area contributed by atoms with Crippen LogP contribution in [0.25, 0.3) is 5.65 Å². The Morgan fingerprint density at radius 2 is 1.89 bits per heavy atom. The van der Waals surface area contributed by atoms with Gasteiger partial charge in [-0.2, -0.15) is 13.2 Å². The van der Waals surface area contributed by atoms with Crippen LogP contribution in [0.5, 0.6) is 0 Å². The van der Waals surface area contributed by atoms with E-state index in [2.05, 4.69) is 10.2 Å². The van der Waals surface area contributed by atoms with Crippen LogP contribution in [0.4, 0.5) is 13.2 Å². The average molecular weight is 415 g/mol. The first-order chi connectivity index (χ1) is 12.7. The minimum atomic E-state index is -4.57. The van der Waals surface area contributed by atoms with Gasteiger partial charge in [-0.15, -0.1) is 10.2 Å². The summed E-state index contributed by atoms with van der Waals surface area (Å²) in [6, 6.07) is 9.73. The number of nitrogens with zero attached hydrogens (tertiary/aromatic N) is 4. The maximum absolute atomic E-state index is 13.1. The van der Waals surface area contributed by atoms with Gasteiger partial charge in [0.1, 0.15) is 5.25 Å². The molecule has 0 spiro atoms. The first kappa shape index (κ1) is 19.5. The molecule has 5 nitrogen and oxygen atoms in total. The largest absolute Gasteiger partial charge is 0.417 e. The number of benzene rings is 1. The molecule has 0 fully saturated rings. The van der Waals surface area contributed by atoms with Gasteiger partial charge in [-0.05, 0) is 11.6 Å². The molecule has 2 heterocycles. The molecule has 27 heavy (non-hydrogen) atoms. The molecular weight excluding hydrogens is 401 g/mol. The normalized spacial score (nSPS) is 13.0. The fourth-order valence-electron chi connectivity index (χ4n) is 2.40. The SMILES string of the molecule is CN(C)C(=O)[C@@H](Sc1nnc2c(Cl)cc(C(F)(F)F)cn12)c1ccccc1. The number of halogens is 4. The van der Waals surface area contributed by atoms with Crippen molar-refractivity contribution in [2.45, 2.75) is 16.6 Å². The smallest absolute Gasteiger partial charge is 0.348 e. The Kier molecular flexibility index (Phi) is 5.34. The standard InChI is InChI=1S/C17H14ClF3N4OS/c1-24(2)15(26)13(10-6-4-3-5-7-10)27-16-23-22-14-12(18)8-11(9-25(14)16)17(19,20)21/h3-9,13H,1-2H3/t13-/m0/s1. The van der Waals surface area contributed by atoms with E-state index in [-0.39, 0.29) is 21.7 Å². The van der Waals surface area contributed by atoms with Crippen molar-refractivity contribution in [3.05, 3.63) is 58.7 Å². The van der Waals surface area contributed by atoms with Crippen LogP contribution in [-0.2, 0) is 11.0 Å². The maximum Gasteiger partial charge on any atom is 0.417 e. The number of aromatic nitrogens is 3. The van der Waals surface area contributed by atoms with Crippen molar-refractivity contribution in [2.75, 3.05) is 14.1 Å². The van der Waals surface area contributed by atoms with Crippen LogP contribution in [0.2, 0.25) is 5.02 Å². The van der Waals surface area contributed by atoms with Gasteiger partial charge in [-0.1, -0.05) is 53.7 Å². The molecule has 2 aromatic heterocycles. The van der Waals surface area contributed by atoms with Gasteiger partial charge in [-0.25, -0.2) is 0 Å². The van der Waals surface area contributed by atoms with Crippen LogP contribution >= 0.6 is 23.4 Å². The number of carbonyl (C=O) groups excluding carboxylic acids is 1. The van der Waals surface area contributed by atoms with Crippen molar-refractivity contribution < 1.29 is 18.0 Å². The Morgan fingerprint density at radius 1 is 1.22 bits per heavy atom. The van der Waals surface area contributed by atoms with E-state index < -0.39 is 17.0 Å². The third kappa shape index (κ3) is 4.03. The summed E-state index contributed by atoms with van der Waals surface area (Å²) in [4.78, 5) is 14.1. The first-order valence-corrected chi connectivity index (χ1v) is 8.98. The van der Waals surface area contributed by atoms with Crippen molar-refractivity contribution in [3.8, 4) is 0 Å². The van der Waals surface area contributed by atoms with Gasteiger partial charge in [0, 0.05) is 20.3 Å². The number of hydrogen-bond donors (Lipinski definition) is 0. The average Bonchev–Trinajstić information content (AvgIpc) is 3.02. The van der Waals surface area contributed by atoms with Crippen LogP contribution in [0, 0.1) is 0 Å². The Hall–Kier alpha value is -2.26. The lowest BCUT2D eigenvalue weighted by Crippen LogP contribution is -2.26. The Morgan fingerprint density at radius 3 is 2.48 bits per heavy atom. The molecule has 0 bridgehead atoms. The number of thioether (sulfide) groups is 1. The second-order valence-electron chi connectivity index (χ2n) is 5.89. The third-order valence-corrected chi connectivity index (χ3v) is 5.22. The summed E-state index contributed by atoms with van der Waals surface area (Å²) in [6.45, 7) is 0. The zero-order valence-corrected chi connectivity index (χ0v) is 15.8. The number of rotatable bonds is 4. The molecule has 0 saturated carbocycles. The number of fused-ring (bicyclic) bond motifs is 1. The number of carbonyl (C=O) groups is 1. The van der Waals surface area contributed by atoms with Crippen molar-refractivity contribution >= 4 is 34.9 Å². The van der Waals surface area contributed by atoms with Crippen LogP contribution in [0.3, 0.4) is 0 Å². The van der Waals surface area contributed by atoms with Gasteiger partial charge >= 0.3 is 6.18 Å². The summed E-state index contributed by atoms with van der Waals surface area (Å²) in [5.74, 6) is -0.221. The molecular formula is C17H14ClF3N4OS. The molecule has 3 aromatic rings. The molecule has 10 heteroatoms. The van der Waals surface area contributed by atoms with Gasteiger partial charge in [0.25, 0.3) is 0 Å². The monoisotopic (exact) mass is 414 g/mol. The predicted molar refractivity (Wildman–Crippen MR) is 96.7 cm³/mol. The highest BCUT2D eigenvalue weighted by molar-refractivity contribution is 8.00. The highest BCUT2D eigenvalue weighted by atomic mass is 35.5. The summed E-state index contributed by atoms with van der Waals surface area (Å²) < 4.78 is 40.5. The van der Waals surface area contributed by atoms with Gasteiger partial charge < -0.3 is 4.90 Å². The molecule has 0 aliphatic heterocycles. The highest BCUT2D eigenvalue weighted by Crippen LogP contribution is 2.38. The number of hydrogen-bond acceptors (Lipinski definition) is 4. The molecule has 3 rings (SSSR count). The Balaban J connectivity index is 2.08. The number of pyridine rings is 1. The molecule has 0 radical (unpaired) electrons. The number of amides is 1. The van der Waals surface area contributed by atoms with Crippen molar-refractivity contribution in [3.63, 3.8) is 0 Å². The second kappa shape index (κ2) is 7.40. The van der Waals surface area contributed by atoms with E-state index in [9.17, 15) is 18.0 Å². The molecule has 0 N–H and O–H groups in total. The lowest BCUT2D eigenvalue weighted by atomic mass is 10.1. The summed E-state index contributed by atoms with van der Waals surface area (Å²) in [6.07, 6.45) is -3.69. The van der Waals surface area contributed by atoms with Gasteiger partial charge in [0.05, 0.1) is 10.6 Å². The Bertz CT molecular complexity index is 975. The molecule has 1 atom stereocenters. The first-order valence-electron chi connectivity index (χ1n) is 7.72. The second-order valence-corrected chi connectivity index (χ2v) is 7.37. The molecule has 1 amide bonds. The van der Waals surface area contributed by atoms with E-state index in [1.54, 1.807) is 38.4 Å². The van der Waals surface area contributed by atoms with E-state index in [1.165, 1.54) is 4.90 Å². The number of likely N-dealkylation sites (N-methyl/N-ethyl adjacent to an activating group) is 1. The predicted octanol–water partition coefficient (Wildman–Crippen LogP) is 4.32. The summed E-state index contributed by atoms with van der Waals surface area (Å²) >= 11 is 6.95. The molecule has 0 unspecified atom stereocenters. The van der Waals surface area contributed by atoms with Crippen LogP contribution in [0.15, 0.2) is 47.8 Å². The van der Waals surface area contributed by atoms with Gasteiger partial charge in [0.15, 0.2) is 10.8 Å². The van der Waals surface area contributed by atoms with E-state index in [1.807, 2.05) is 6.07 Å². The van der Waals surface area contributed by atoms with Crippen molar-refractivity contribution in [1.82, 2.24) is 19.5 Å². The minimum Gasteiger partial charge on any atom is -0.348 e.